The van der Waals surface area contributed by atoms with E-state index < -0.39 is 21.8 Å². The van der Waals surface area contributed by atoms with Gasteiger partial charge in [-0.15, -0.1) is 0 Å². The summed E-state index contributed by atoms with van der Waals surface area (Å²) < 4.78 is 53.6. The predicted octanol–water partition coefficient (Wildman–Crippen LogP) is 5.56. The first kappa shape index (κ1) is 44.0. The summed E-state index contributed by atoms with van der Waals surface area (Å²) >= 11 is 0. The summed E-state index contributed by atoms with van der Waals surface area (Å²) in [5, 5.41) is 12.1. The number of ether oxygens (including phenoxy) is 4. The molecule has 3 atom stereocenters. The molecule has 0 saturated carbocycles. The lowest BCUT2D eigenvalue weighted by atomic mass is 10.0. The van der Waals surface area contributed by atoms with E-state index in [4.69, 9.17) is 33.1 Å². The number of carbonyl (C=O) groups is 1. The van der Waals surface area contributed by atoms with E-state index in [0.717, 1.165) is 42.1 Å². The molecule has 0 radical (unpaired) electrons. The van der Waals surface area contributed by atoms with Crippen LogP contribution in [0.2, 0.25) is 0 Å². The Morgan fingerprint density at radius 2 is 1.66 bits per heavy atom. The normalized spacial score (nSPS) is 19.8. The van der Waals surface area contributed by atoms with Crippen LogP contribution in [0.15, 0.2) is 72.8 Å². The van der Waals surface area contributed by atoms with Gasteiger partial charge in [0.15, 0.2) is 0 Å². The van der Waals surface area contributed by atoms with E-state index in [9.17, 15) is 18.5 Å². The molecule has 4 aromatic rings. The van der Waals surface area contributed by atoms with Crippen LogP contribution in [0.25, 0.3) is 10.8 Å². The van der Waals surface area contributed by atoms with E-state index in [1.54, 1.807) is 29.2 Å². The Labute approximate surface area is 359 Å². The summed E-state index contributed by atoms with van der Waals surface area (Å²) in [5.74, 6) is 0.601. The van der Waals surface area contributed by atoms with Crippen LogP contribution >= 0.6 is 0 Å². The zero-order valence-electron chi connectivity index (χ0n) is 35.6. The average Bonchev–Trinajstić information content (AvgIpc) is 3.59. The molecule has 16 heteroatoms. The van der Waals surface area contributed by atoms with E-state index in [1.165, 1.54) is 10.8 Å². The monoisotopic (exact) mass is 855 g/mol. The Kier molecular flexibility index (Phi) is 14.3. The number of rotatable bonds is 16. The van der Waals surface area contributed by atoms with Crippen LogP contribution < -0.4 is 14.5 Å². The second kappa shape index (κ2) is 19.8. The molecule has 2 fully saturated rings. The summed E-state index contributed by atoms with van der Waals surface area (Å²) in [6.45, 7) is 10.0. The largest absolute Gasteiger partial charge is 0.462 e. The third-order valence-electron chi connectivity index (χ3n) is 11.2. The topological polar surface area (TPSA) is 160 Å². The highest BCUT2D eigenvalue weighted by Crippen LogP contribution is 2.35. The van der Waals surface area contributed by atoms with Crippen molar-refractivity contribution in [2.75, 3.05) is 82.6 Å². The number of anilines is 2. The first-order valence-corrected chi connectivity index (χ1v) is 22.6. The van der Waals surface area contributed by atoms with Crippen molar-refractivity contribution in [2.24, 2.45) is 0 Å². The maximum atomic E-state index is 13.2. The zero-order valence-corrected chi connectivity index (χ0v) is 36.4. The Balaban J connectivity index is 0.983. The lowest BCUT2D eigenvalue weighted by Gasteiger charge is -2.42. The molecule has 0 N–H and O–H groups in total. The minimum absolute atomic E-state index is 0.0303. The number of benzene rings is 3. The van der Waals surface area contributed by atoms with Gasteiger partial charge in [0.25, 0.3) is 10.1 Å². The van der Waals surface area contributed by atoms with Crippen molar-refractivity contribution in [3.8, 4) is 12.1 Å². The standard InChI is InChI=1S/C45H57N7O8S/c1-45(2,3)60-44(53)52-22-21-51(28-35(52)17-19-46)42-39-18-20-50(41-16-10-14-34-13-8-9-15-38(34)41)30-40(39)47-43(48-42)58-31-36-27-37(29-49(36)4)57-25-23-56-24-26-59-61(54,55)32-33-11-6-5-7-12-33/h5-16,35-37H,17-18,20-32H2,1-4H3/t35-,36-,37+/m0/s1. The SMILES string of the molecule is CN1C[C@H](OCCOCCOS(=O)(=O)Cc2ccccc2)C[C@H]1COc1nc2c(c(N3CCN(C(=O)OC(C)(C)C)[C@@H](CC#N)C3)n1)CCN(c1cccc3ccccc13)C2. The van der Waals surface area contributed by atoms with E-state index in [2.05, 4.69) is 63.2 Å². The number of hydrogen-bond donors (Lipinski definition) is 0. The fourth-order valence-corrected chi connectivity index (χ4v) is 9.23. The summed E-state index contributed by atoms with van der Waals surface area (Å²) in [7, 11) is -1.65. The summed E-state index contributed by atoms with van der Waals surface area (Å²) in [6, 6.07) is 25.9. The van der Waals surface area contributed by atoms with Crippen LogP contribution in [-0.4, -0.2) is 131 Å². The highest BCUT2D eigenvalue weighted by atomic mass is 32.2. The van der Waals surface area contributed by atoms with E-state index >= 15 is 0 Å². The van der Waals surface area contributed by atoms with E-state index in [1.807, 2.05) is 33.9 Å². The Morgan fingerprint density at radius 3 is 2.46 bits per heavy atom. The van der Waals surface area contributed by atoms with Gasteiger partial charge in [-0.25, -0.2) is 4.79 Å². The number of nitriles is 1. The fraction of sp³-hybridized carbons (Fsp3) is 0.511. The summed E-state index contributed by atoms with van der Waals surface area (Å²) in [5.41, 5.74) is 3.12. The number of likely N-dealkylation sites (N-methyl/N-ethyl adjacent to an activating group) is 1. The number of fused-ring (bicyclic) bond motifs is 2. The first-order chi connectivity index (χ1) is 29.4. The fourth-order valence-electron chi connectivity index (χ4n) is 8.22. The molecule has 1 amide bonds. The van der Waals surface area contributed by atoms with Crippen molar-refractivity contribution in [3.05, 3.63) is 89.6 Å². The Bertz CT molecular complexity index is 2260. The van der Waals surface area contributed by atoms with Crippen molar-refractivity contribution in [1.29, 1.82) is 5.26 Å². The number of piperazine rings is 1. The van der Waals surface area contributed by atoms with Gasteiger partial charge in [-0.1, -0.05) is 66.7 Å². The molecule has 61 heavy (non-hydrogen) atoms. The van der Waals surface area contributed by atoms with Crippen LogP contribution in [-0.2, 0) is 47.2 Å². The molecule has 0 unspecified atom stereocenters. The molecule has 7 rings (SSSR count). The Hall–Kier alpha value is -5.05. The number of amides is 1. The van der Waals surface area contributed by atoms with Crippen molar-refractivity contribution in [3.63, 3.8) is 0 Å². The zero-order chi connectivity index (χ0) is 43.0. The molecule has 15 nitrogen and oxygen atoms in total. The molecule has 0 spiro atoms. The molecule has 0 bridgehead atoms. The summed E-state index contributed by atoms with van der Waals surface area (Å²) in [6.07, 6.45) is 1.18. The van der Waals surface area contributed by atoms with Crippen molar-refractivity contribution in [2.45, 2.75) is 76.1 Å². The maximum absolute atomic E-state index is 13.2. The number of carbonyl (C=O) groups excluding carboxylic acids is 1. The third kappa shape index (κ3) is 11.7. The van der Waals surface area contributed by atoms with Crippen molar-refractivity contribution >= 4 is 38.5 Å². The van der Waals surface area contributed by atoms with Gasteiger partial charge in [0.05, 0.1) is 63.3 Å². The van der Waals surface area contributed by atoms with Crippen LogP contribution in [0.5, 0.6) is 6.01 Å². The second-order valence-electron chi connectivity index (χ2n) is 16.8. The van der Waals surface area contributed by atoms with E-state index in [0.29, 0.717) is 64.1 Å². The average molecular weight is 856 g/mol. The second-order valence-corrected chi connectivity index (χ2v) is 18.5. The predicted molar refractivity (Wildman–Crippen MR) is 232 cm³/mol. The highest BCUT2D eigenvalue weighted by Gasteiger charge is 2.37. The van der Waals surface area contributed by atoms with Gasteiger partial charge < -0.3 is 33.6 Å². The molecule has 3 aliphatic rings. The van der Waals surface area contributed by atoms with Crippen LogP contribution in [0.1, 0.15) is 50.4 Å². The molecule has 0 aliphatic carbocycles. The van der Waals surface area contributed by atoms with Gasteiger partial charge in [0.2, 0.25) is 0 Å². The molecule has 2 saturated heterocycles. The van der Waals surface area contributed by atoms with Crippen LogP contribution in [0.3, 0.4) is 0 Å². The first-order valence-electron chi connectivity index (χ1n) is 21.0. The van der Waals surface area contributed by atoms with E-state index in [-0.39, 0.29) is 43.6 Å². The molecule has 3 aromatic carbocycles. The quantitative estimate of drug-likeness (QED) is 0.102. The van der Waals surface area contributed by atoms with Crippen LogP contribution in [0.4, 0.5) is 16.3 Å². The minimum Gasteiger partial charge on any atom is -0.462 e. The molecule has 4 heterocycles. The molecule has 326 valence electrons. The number of aromatic nitrogens is 2. The smallest absolute Gasteiger partial charge is 0.410 e. The lowest BCUT2D eigenvalue weighted by molar-refractivity contribution is 0.00401. The number of hydrogen-bond acceptors (Lipinski definition) is 14. The maximum Gasteiger partial charge on any atom is 0.410 e. The third-order valence-corrected chi connectivity index (χ3v) is 12.4. The van der Waals surface area contributed by atoms with Gasteiger partial charge in [-0.05, 0) is 57.7 Å². The van der Waals surface area contributed by atoms with Crippen molar-refractivity contribution in [1.82, 2.24) is 19.8 Å². The number of nitrogens with zero attached hydrogens (tertiary/aromatic N) is 7. The molecule has 1 aromatic heterocycles. The van der Waals surface area contributed by atoms with Gasteiger partial charge in [0, 0.05) is 55.4 Å². The molecular formula is C45H57N7O8S. The minimum atomic E-state index is -3.70. The summed E-state index contributed by atoms with van der Waals surface area (Å²) in [4.78, 5) is 31.7. The molecule has 3 aliphatic heterocycles. The highest BCUT2D eigenvalue weighted by molar-refractivity contribution is 7.85. The lowest BCUT2D eigenvalue weighted by Crippen LogP contribution is -2.56. The van der Waals surface area contributed by atoms with Gasteiger partial charge >= 0.3 is 12.1 Å². The van der Waals surface area contributed by atoms with Crippen molar-refractivity contribution < 1.29 is 36.3 Å². The van der Waals surface area contributed by atoms with Crippen LogP contribution in [0, 0.1) is 11.3 Å². The van der Waals surface area contributed by atoms with Gasteiger partial charge in [-0.3, -0.25) is 9.08 Å². The van der Waals surface area contributed by atoms with Gasteiger partial charge in [0.1, 0.15) is 23.8 Å². The van der Waals surface area contributed by atoms with Gasteiger partial charge in [-0.2, -0.15) is 23.6 Å². The molecular weight excluding hydrogens is 799 g/mol. The Morgan fingerprint density at radius 1 is 0.885 bits per heavy atom. The number of likely N-dealkylation sites (tertiary alicyclic amines) is 1.